The third-order valence-electron chi connectivity index (χ3n) is 2.44. The Morgan fingerprint density at radius 2 is 1.82 bits per heavy atom. The number of aliphatic carboxylic acids is 1. The number of carboxylic acid groups (broad SMARTS) is 1. The van der Waals surface area contributed by atoms with Gasteiger partial charge in [0.15, 0.2) is 0 Å². The van der Waals surface area contributed by atoms with E-state index in [1.807, 2.05) is 24.3 Å². The molecule has 0 saturated heterocycles. The summed E-state index contributed by atoms with van der Waals surface area (Å²) in [4.78, 5) is 10.7. The normalized spacial score (nSPS) is 12.0. The van der Waals surface area contributed by atoms with E-state index in [1.165, 1.54) is 11.6 Å². The van der Waals surface area contributed by atoms with Crippen molar-refractivity contribution in [3.63, 3.8) is 0 Å². The first-order chi connectivity index (χ1) is 7.84. The predicted molar refractivity (Wildman–Crippen MR) is 66.4 cm³/mol. The van der Waals surface area contributed by atoms with Crippen LogP contribution in [-0.4, -0.2) is 11.1 Å². The van der Waals surface area contributed by atoms with Crippen LogP contribution in [0.2, 0.25) is 0 Å². The van der Waals surface area contributed by atoms with Crippen LogP contribution in [-0.2, 0) is 10.2 Å². The highest BCUT2D eigenvalue weighted by molar-refractivity contribution is 5.96. The molecule has 0 fully saturated rings. The monoisotopic (exact) mass is 229 g/mol. The van der Waals surface area contributed by atoms with Crippen LogP contribution in [0, 0.1) is 11.3 Å². The van der Waals surface area contributed by atoms with Gasteiger partial charge in [0.05, 0.1) is 0 Å². The first kappa shape index (κ1) is 13.0. The second-order valence-electron chi connectivity index (χ2n) is 4.85. The molecule has 88 valence electrons. The Morgan fingerprint density at radius 3 is 2.18 bits per heavy atom. The van der Waals surface area contributed by atoms with Crippen molar-refractivity contribution in [2.24, 2.45) is 0 Å². The lowest BCUT2D eigenvalue weighted by molar-refractivity contribution is -0.132. The minimum atomic E-state index is -1.20. The summed E-state index contributed by atoms with van der Waals surface area (Å²) in [6.07, 6.45) is 1.37. The Morgan fingerprint density at radius 1 is 1.29 bits per heavy atom. The number of benzene rings is 1. The predicted octanol–water partition coefficient (Wildman–Crippen LogP) is 2.98. The van der Waals surface area contributed by atoms with Crippen LogP contribution in [0.15, 0.2) is 29.8 Å². The standard InChI is InChI=1S/C14H15NO2/c1-14(2,3)12-6-4-10(5-7-12)8-11(9-15)13(16)17/h4-8H,1-3H3,(H,16,17)/b11-8-. The summed E-state index contributed by atoms with van der Waals surface area (Å²) in [5, 5.41) is 17.4. The quantitative estimate of drug-likeness (QED) is 0.626. The molecule has 0 bridgehead atoms. The lowest BCUT2D eigenvalue weighted by Crippen LogP contribution is -2.10. The number of nitriles is 1. The second kappa shape index (κ2) is 4.84. The molecule has 0 unspecified atom stereocenters. The highest BCUT2D eigenvalue weighted by Crippen LogP contribution is 2.22. The van der Waals surface area contributed by atoms with Crippen molar-refractivity contribution >= 4 is 12.0 Å². The molecule has 0 saturated carbocycles. The average Bonchev–Trinajstić information content (AvgIpc) is 2.25. The van der Waals surface area contributed by atoms with Crippen LogP contribution in [0.25, 0.3) is 6.08 Å². The molecule has 3 nitrogen and oxygen atoms in total. The number of carbonyl (C=O) groups is 1. The summed E-state index contributed by atoms with van der Waals surface area (Å²) in [5.41, 5.74) is 1.70. The van der Waals surface area contributed by atoms with Crippen molar-refractivity contribution in [2.75, 3.05) is 0 Å². The zero-order chi connectivity index (χ0) is 13.1. The van der Waals surface area contributed by atoms with Crippen LogP contribution in [0.3, 0.4) is 0 Å². The van der Waals surface area contributed by atoms with E-state index in [9.17, 15) is 4.79 Å². The molecule has 0 aliphatic heterocycles. The average molecular weight is 229 g/mol. The van der Waals surface area contributed by atoms with Gasteiger partial charge in [-0.15, -0.1) is 0 Å². The Balaban J connectivity index is 3.05. The molecule has 17 heavy (non-hydrogen) atoms. The zero-order valence-corrected chi connectivity index (χ0v) is 10.2. The summed E-state index contributed by atoms with van der Waals surface area (Å²) in [7, 11) is 0. The van der Waals surface area contributed by atoms with Crippen molar-refractivity contribution in [1.82, 2.24) is 0 Å². The van der Waals surface area contributed by atoms with Gasteiger partial charge in [-0.05, 0) is 22.6 Å². The van der Waals surface area contributed by atoms with E-state index in [4.69, 9.17) is 10.4 Å². The summed E-state index contributed by atoms with van der Waals surface area (Å²) >= 11 is 0. The molecule has 0 aliphatic carbocycles. The second-order valence-corrected chi connectivity index (χ2v) is 4.85. The number of hydrogen-bond acceptors (Lipinski definition) is 2. The summed E-state index contributed by atoms with van der Waals surface area (Å²) < 4.78 is 0. The molecule has 0 spiro atoms. The van der Waals surface area contributed by atoms with Gasteiger partial charge in [0.1, 0.15) is 11.6 Å². The molecule has 1 N–H and O–H groups in total. The summed E-state index contributed by atoms with van der Waals surface area (Å²) in [6, 6.07) is 9.19. The fourth-order valence-corrected chi connectivity index (χ4v) is 1.39. The molecule has 0 aromatic heterocycles. The Kier molecular flexibility index (Phi) is 3.69. The maximum Gasteiger partial charge on any atom is 0.346 e. The lowest BCUT2D eigenvalue weighted by Gasteiger charge is -2.18. The number of nitrogens with zero attached hydrogens (tertiary/aromatic N) is 1. The van der Waals surface area contributed by atoms with Crippen molar-refractivity contribution in [3.05, 3.63) is 41.0 Å². The van der Waals surface area contributed by atoms with Gasteiger partial charge in [0, 0.05) is 0 Å². The van der Waals surface area contributed by atoms with Crippen LogP contribution in [0.4, 0.5) is 0 Å². The molecule has 1 aromatic rings. The molecule has 1 rings (SSSR count). The van der Waals surface area contributed by atoms with Gasteiger partial charge in [0.2, 0.25) is 0 Å². The van der Waals surface area contributed by atoms with E-state index < -0.39 is 5.97 Å². The maximum atomic E-state index is 10.7. The van der Waals surface area contributed by atoms with E-state index in [-0.39, 0.29) is 11.0 Å². The van der Waals surface area contributed by atoms with Crippen LogP contribution in [0.1, 0.15) is 31.9 Å². The Hall–Kier alpha value is -2.08. The highest BCUT2D eigenvalue weighted by atomic mass is 16.4. The Labute approximate surface area is 101 Å². The zero-order valence-electron chi connectivity index (χ0n) is 10.2. The van der Waals surface area contributed by atoms with Gasteiger partial charge in [-0.25, -0.2) is 4.79 Å². The Bertz CT molecular complexity index is 484. The molecule has 0 heterocycles. The van der Waals surface area contributed by atoms with Crippen LogP contribution in [0.5, 0.6) is 0 Å². The van der Waals surface area contributed by atoms with Crippen molar-refractivity contribution in [2.45, 2.75) is 26.2 Å². The van der Waals surface area contributed by atoms with E-state index >= 15 is 0 Å². The highest BCUT2D eigenvalue weighted by Gasteiger charge is 2.13. The fraction of sp³-hybridized carbons (Fsp3) is 0.286. The first-order valence-electron chi connectivity index (χ1n) is 5.30. The van der Waals surface area contributed by atoms with Crippen molar-refractivity contribution in [3.8, 4) is 6.07 Å². The summed E-state index contributed by atoms with van der Waals surface area (Å²) in [6.45, 7) is 6.32. The largest absolute Gasteiger partial charge is 0.477 e. The minimum absolute atomic E-state index is 0.0626. The fourth-order valence-electron chi connectivity index (χ4n) is 1.39. The van der Waals surface area contributed by atoms with E-state index in [2.05, 4.69) is 20.8 Å². The van der Waals surface area contributed by atoms with Gasteiger partial charge in [0.25, 0.3) is 0 Å². The molecular formula is C14H15NO2. The number of rotatable bonds is 2. The first-order valence-corrected chi connectivity index (χ1v) is 5.30. The third-order valence-corrected chi connectivity index (χ3v) is 2.44. The summed E-state index contributed by atoms with van der Waals surface area (Å²) in [5.74, 6) is -1.20. The smallest absolute Gasteiger partial charge is 0.346 e. The van der Waals surface area contributed by atoms with Crippen molar-refractivity contribution in [1.29, 1.82) is 5.26 Å². The molecular weight excluding hydrogens is 214 g/mol. The maximum absolute atomic E-state index is 10.7. The van der Waals surface area contributed by atoms with Crippen LogP contribution >= 0.6 is 0 Å². The van der Waals surface area contributed by atoms with E-state index in [0.717, 1.165) is 5.56 Å². The van der Waals surface area contributed by atoms with E-state index in [0.29, 0.717) is 0 Å². The van der Waals surface area contributed by atoms with E-state index in [1.54, 1.807) is 6.07 Å². The molecule has 0 atom stereocenters. The van der Waals surface area contributed by atoms with Gasteiger partial charge in [-0.1, -0.05) is 45.0 Å². The number of carboxylic acids is 1. The topological polar surface area (TPSA) is 61.1 Å². The number of hydrogen-bond donors (Lipinski definition) is 1. The van der Waals surface area contributed by atoms with Gasteiger partial charge in [-0.2, -0.15) is 5.26 Å². The van der Waals surface area contributed by atoms with Gasteiger partial charge >= 0.3 is 5.97 Å². The minimum Gasteiger partial charge on any atom is -0.477 e. The molecule has 1 aromatic carbocycles. The van der Waals surface area contributed by atoms with Gasteiger partial charge < -0.3 is 5.11 Å². The SMILES string of the molecule is CC(C)(C)c1ccc(/C=C(/C#N)C(=O)O)cc1. The molecule has 0 aliphatic rings. The lowest BCUT2D eigenvalue weighted by atomic mass is 9.86. The molecule has 3 heteroatoms. The molecule has 0 amide bonds. The molecule has 0 radical (unpaired) electrons. The van der Waals surface area contributed by atoms with Crippen LogP contribution < -0.4 is 0 Å². The third kappa shape index (κ3) is 3.46. The van der Waals surface area contributed by atoms with Gasteiger partial charge in [-0.3, -0.25) is 0 Å². The van der Waals surface area contributed by atoms with Crippen molar-refractivity contribution < 1.29 is 9.90 Å².